The predicted molar refractivity (Wildman–Crippen MR) is 120 cm³/mol. The standard InChI is InChI=1S/C24H30N2O5/c1-28-18-23(24(27)29-2)22-9-4-3-6-19(22)17-31-21-8-5-7-20(16-21)25-10-11-26-12-14-30-15-13-26/h3-9,16,18,25H,10-15,17H2,1-2H3. The van der Waals surface area contributed by atoms with E-state index in [1.165, 1.54) is 20.5 Å². The summed E-state index contributed by atoms with van der Waals surface area (Å²) in [7, 11) is 2.85. The number of methoxy groups -OCH3 is 2. The Bertz CT molecular complexity index is 878. The van der Waals surface area contributed by atoms with E-state index in [1.807, 2.05) is 48.5 Å². The molecule has 1 aliphatic heterocycles. The van der Waals surface area contributed by atoms with Crippen LogP contribution in [0.2, 0.25) is 0 Å². The lowest BCUT2D eigenvalue weighted by molar-refractivity contribution is -0.133. The molecule has 1 saturated heterocycles. The van der Waals surface area contributed by atoms with E-state index in [4.69, 9.17) is 18.9 Å². The number of carbonyl (C=O) groups is 1. The zero-order valence-corrected chi connectivity index (χ0v) is 18.1. The van der Waals surface area contributed by atoms with Crippen LogP contribution in [0.3, 0.4) is 0 Å². The van der Waals surface area contributed by atoms with Crippen molar-refractivity contribution < 1.29 is 23.7 Å². The Morgan fingerprint density at radius 1 is 1.13 bits per heavy atom. The van der Waals surface area contributed by atoms with Crippen molar-refractivity contribution in [1.29, 1.82) is 0 Å². The molecular formula is C24H30N2O5. The molecule has 0 amide bonds. The first-order valence-corrected chi connectivity index (χ1v) is 10.4. The van der Waals surface area contributed by atoms with Crippen molar-refractivity contribution in [2.75, 3.05) is 58.9 Å². The molecular weight excluding hydrogens is 396 g/mol. The van der Waals surface area contributed by atoms with Crippen LogP contribution in [0.5, 0.6) is 5.75 Å². The summed E-state index contributed by atoms with van der Waals surface area (Å²) in [4.78, 5) is 14.5. The number of nitrogens with one attached hydrogen (secondary N) is 1. The van der Waals surface area contributed by atoms with E-state index in [2.05, 4.69) is 10.2 Å². The van der Waals surface area contributed by atoms with E-state index in [0.29, 0.717) is 12.2 Å². The molecule has 1 N–H and O–H groups in total. The maximum atomic E-state index is 12.2. The molecule has 2 aromatic rings. The van der Waals surface area contributed by atoms with Gasteiger partial charge in [0.1, 0.15) is 17.9 Å². The van der Waals surface area contributed by atoms with Crippen molar-refractivity contribution in [3.8, 4) is 5.75 Å². The molecule has 1 aliphatic rings. The predicted octanol–water partition coefficient (Wildman–Crippen LogP) is 3.17. The van der Waals surface area contributed by atoms with Crippen LogP contribution in [0.15, 0.2) is 54.8 Å². The molecule has 0 saturated carbocycles. The van der Waals surface area contributed by atoms with Gasteiger partial charge in [0, 0.05) is 37.9 Å². The first-order valence-electron chi connectivity index (χ1n) is 10.4. The van der Waals surface area contributed by atoms with Gasteiger partial charge in [-0.3, -0.25) is 4.90 Å². The van der Waals surface area contributed by atoms with Crippen LogP contribution in [0.1, 0.15) is 11.1 Å². The second-order valence-corrected chi connectivity index (χ2v) is 7.11. The van der Waals surface area contributed by atoms with Crippen LogP contribution in [-0.4, -0.2) is 64.5 Å². The van der Waals surface area contributed by atoms with Gasteiger partial charge in [-0.2, -0.15) is 0 Å². The van der Waals surface area contributed by atoms with Crippen LogP contribution in [0, 0.1) is 0 Å². The highest BCUT2D eigenvalue weighted by molar-refractivity contribution is 6.16. The molecule has 0 radical (unpaired) electrons. The van der Waals surface area contributed by atoms with Crippen molar-refractivity contribution in [3.63, 3.8) is 0 Å². The number of anilines is 1. The minimum absolute atomic E-state index is 0.311. The van der Waals surface area contributed by atoms with Gasteiger partial charge >= 0.3 is 5.97 Å². The fraction of sp³-hybridized carbons (Fsp3) is 0.375. The Morgan fingerprint density at radius 2 is 1.94 bits per heavy atom. The van der Waals surface area contributed by atoms with Crippen LogP contribution in [-0.2, 0) is 25.6 Å². The summed E-state index contributed by atoms with van der Waals surface area (Å²) in [6.07, 6.45) is 1.39. The van der Waals surface area contributed by atoms with Crippen molar-refractivity contribution in [2.24, 2.45) is 0 Å². The number of hydrogen-bond acceptors (Lipinski definition) is 7. The minimum atomic E-state index is -0.458. The number of ether oxygens (including phenoxy) is 4. The van der Waals surface area contributed by atoms with Crippen LogP contribution in [0.4, 0.5) is 5.69 Å². The third-order valence-corrected chi connectivity index (χ3v) is 5.04. The highest BCUT2D eigenvalue weighted by atomic mass is 16.5. The van der Waals surface area contributed by atoms with E-state index < -0.39 is 5.97 Å². The molecule has 2 aromatic carbocycles. The molecule has 31 heavy (non-hydrogen) atoms. The fourth-order valence-corrected chi connectivity index (χ4v) is 3.40. The molecule has 166 valence electrons. The van der Waals surface area contributed by atoms with Gasteiger partial charge in [0.15, 0.2) is 0 Å². The molecule has 7 nitrogen and oxygen atoms in total. The van der Waals surface area contributed by atoms with E-state index in [0.717, 1.165) is 62.0 Å². The highest BCUT2D eigenvalue weighted by Gasteiger charge is 2.17. The van der Waals surface area contributed by atoms with Gasteiger partial charge in [0.2, 0.25) is 0 Å². The van der Waals surface area contributed by atoms with Crippen molar-refractivity contribution in [2.45, 2.75) is 6.61 Å². The number of carbonyl (C=O) groups excluding carboxylic acids is 1. The lowest BCUT2D eigenvalue weighted by Gasteiger charge is -2.26. The third-order valence-electron chi connectivity index (χ3n) is 5.04. The smallest absolute Gasteiger partial charge is 0.341 e. The van der Waals surface area contributed by atoms with E-state index in [9.17, 15) is 4.79 Å². The lowest BCUT2D eigenvalue weighted by atomic mass is 10.0. The fourth-order valence-electron chi connectivity index (χ4n) is 3.40. The largest absolute Gasteiger partial charge is 0.503 e. The minimum Gasteiger partial charge on any atom is -0.503 e. The summed E-state index contributed by atoms with van der Waals surface area (Å²) in [6, 6.07) is 15.4. The second kappa shape index (κ2) is 12.0. The lowest BCUT2D eigenvalue weighted by Crippen LogP contribution is -2.38. The number of rotatable bonds is 10. The Balaban J connectivity index is 1.61. The highest BCUT2D eigenvalue weighted by Crippen LogP contribution is 2.24. The monoisotopic (exact) mass is 426 g/mol. The van der Waals surface area contributed by atoms with E-state index >= 15 is 0 Å². The summed E-state index contributed by atoms with van der Waals surface area (Å²) in [5.41, 5.74) is 2.94. The van der Waals surface area contributed by atoms with Gasteiger partial charge in [-0.25, -0.2) is 4.79 Å². The first-order chi connectivity index (χ1) is 15.2. The molecule has 7 heteroatoms. The Morgan fingerprint density at radius 3 is 2.71 bits per heavy atom. The molecule has 0 spiro atoms. The summed E-state index contributed by atoms with van der Waals surface area (Å²) in [5.74, 6) is 0.294. The topological polar surface area (TPSA) is 69.3 Å². The second-order valence-electron chi connectivity index (χ2n) is 7.11. The molecule has 1 fully saturated rings. The molecule has 3 rings (SSSR count). The van der Waals surface area contributed by atoms with Gasteiger partial charge in [-0.15, -0.1) is 0 Å². The zero-order chi connectivity index (χ0) is 21.9. The molecule has 0 unspecified atom stereocenters. The Kier molecular flexibility index (Phi) is 8.75. The number of hydrogen-bond donors (Lipinski definition) is 1. The number of morpholine rings is 1. The van der Waals surface area contributed by atoms with Crippen LogP contribution in [0.25, 0.3) is 5.57 Å². The number of nitrogens with zero attached hydrogens (tertiary/aromatic N) is 1. The maximum Gasteiger partial charge on any atom is 0.341 e. The summed E-state index contributed by atoms with van der Waals surface area (Å²) in [5, 5.41) is 3.45. The summed E-state index contributed by atoms with van der Waals surface area (Å²) < 4.78 is 21.4. The van der Waals surface area contributed by atoms with Crippen molar-refractivity contribution >= 4 is 17.2 Å². The number of esters is 1. The Labute approximate surface area is 183 Å². The normalized spacial score (nSPS) is 14.7. The third kappa shape index (κ3) is 6.73. The summed E-state index contributed by atoms with van der Waals surface area (Å²) in [6.45, 7) is 5.72. The molecule has 1 heterocycles. The van der Waals surface area contributed by atoms with Gasteiger partial charge in [-0.1, -0.05) is 30.3 Å². The number of benzene rings is 2. The molecule has 0 aliphatic carbocycles. The quantitative estimate of drug-likeness (QED) is 0.356. The van der Waals surface area contributed by atoms with Crippen molar-refractivity contribution in [1.82, 2.24) is 4.90 Å². The Hall–Kier alpha value is -3.03. The molecule has 0 aromatic heterocycles. The summed E-state index contributed by atoms with van der Waals surface area (Å²) >= 11 is 0. The average Bonchev–Trinajstić information content (AvgIpc) is 2.82. The van der Waals surface area contributed by atoms with Gasteiger partial charge in [0.05, 0.1) is 33.7 Å². The van der Waals surface area contributed by atoms with Gasteiger partial charge in [0.25, 0.3) is 0 Å². The molecule has 0 atom stereocenters. The molecule has 0 bridgehead atoms. The maximum absolute atomic E-state index is 12.2. The van der Waals surface area contributed by atoms with E-state index in [1.54, 1.807) is 0 Å². The van der Waals surface area contributed by atoms with E-state index in [-0.39, 0.29) is 0 Å². The van der Waals surface area contributed by atoms with Gasteiger partial charge in [-0.05, 0) is 23.3 Å². The average molecular weight is 427 g/mol. The van der Waals surface area contributed by atoms with Gasteiger partial charge < -0.3 is 24.3 Å². The van der Waals surface area contributed by atoms with Crippen molar-refractivity contribution in [3.05, 3.63) is 65.9 Å². The zero-order valence-electron chi connectivity index (χ0n) is 18.1. The van der Waals surface area contributed by atoms with Crippen LogP contribution >= 0.6 is 0 Å². The SMILES string of the molecule is COC=C(C(=O)OC)c1ccccc1COc1cccc(NCCN2CCOCC2)c1. The first kappa shape index (κ1) is 22.7. The van der Waals surface area contributed by atoms with Crippen LogP contribution < -0.4 is 10.1 Å².